The van der Waals surface area contributed by atoms with Crippen LogP contribution in [0.15, 0.2) is 24.3 Å². The second kappa shape index (κ2) is 6.76. The van der Waals surface area contributed by atoms with Crippen molar-refractivity contribution in [2.75, 3.05) is 26.7 Å². The van der Waals surface area contributed by atoms with Crippen LogP contribution >= 0.6 is 0 Å². The van der Waals surface area contributed by atoms with Gasteiger partial charge in [-0.05, 0) is 50.4 Å². The van der Waals surface area contributed by atoms with Crippen molar-refractivity contribution in [3.8, 4) is 5.75 Å². The number of hydrogen-bond acceptors (Lipinski definition) is 3. The predicted molar refractivity (Wildman–Crippen MR) is 75.0 cm³/mol. The lowest BCUT2D eigenvalue weighted by atomic mass is 10.1. The molecule has 0 amide bonds. The van der Waals surface area contributed by atoms with Crippen LogP contribution in [-0.4, -0.2) is 37.7 Å². The first-order valence-electron chi connectivity index (χ1n) is 6.91. The number of likely N-dealkylation sites (tertiary alicyclic amines) is 1. The van der Waals surface area contributed by atoms with Gasteiger partial charge in [0.1, 0.15) is 5.75 Å². The summed E-state index contributed by atoms with van der Waals surface area (Å²) in [5.74, 6) is 1.01. The molecule has 0 saturated carbocycles. The zero-order chi connectivity index (χ0) is 12.8. The lowest BCUT2D eigenvalue weighted by Gasteiger charge is -2.23. The molecule has 1 heterocycles. The second-order valence-electron chi connectivity index (χ2n) is 4.98. The molecule has 3 heteroatoms. The highest BCUT2D eigenvalue weighted by molar-refractivity contribution is 5.33. The molecule has 0 aliphatic carbocycles. The molecule has 18 heavy (non-hydrogen) atoms. The maximum Gasteiger partial charge on any atom is 0.122 e. The summed E-state index contributed by atoms with van der Waals surface area (Å²) < 4.78 is 5.38. The van der Waals surface area contributed by atoms with Crippen molar-refractivity contribution in [1.82, 2.24) is 4.90 Å². The van der Waals surface area contributed by atoms with Gasteiger partial charge in [0.15, 0.2) is 0 Å². The Bertz CT molecular complexity index is 367. The number of hydrogen-bond donors (Lipinski definition) is 1. The highest BCUT2D eigenvalue weighted by Gasteiger charge is 2.22. The summed E-state index contributed by atoms with van der Waals surface area (Å²) in [6, 6.07) is 8.91. The molecule has 3 nitrogen and oxygen atoms in total. The van der Waals surface area contributed by atoms with Gasteiger partial charge in [0.25, 0.3) is 0 Å². The maximum absolute atomic E-state index is 5.79. The number of methoxy groups -OCH3 is 1. The van der Waals surface area contributed by atoms with Crippen LogP contribution in [0, 0.1) is 0 Å². The van der Waals surface area contributed by atoms with E-state index < -0.39 is 0 Å². The fraction of sp³-hybridized carbons (Fsp3) is 0.600. The van der Waals surface area contributed by atoms with E-state index in [9.17, 15) is 0 Å². The average Bonchev–Trinajstić information content (AvgIpc) is 2.87. The van der Waals surface area contributed by atoms with Gasteiger partial charge < -0.3 is 10.5 Å². The number of para-hydroxylation sites is 1. The van der Waals surface area contributed by atoms with Crippen molar-refractivity contribution >= 4 is 0 Å². The SMILES string of the molecule is COc1ccccc1CCCN1CCCC1CN. The Balaban J connectivity index is 1.81. The standard InChI is InChI=1S/C15H24N2O/c1-18-15-9-3-2-6-13(15)7-4-10-17-11-5-8-14(17)12-16/h2-3,6,9,14H,4-5,7-8,10-12,16H2,1H3. The third-order valence-corrected chi connectivity index (χ3v) is 3.86. The maximum atomic E-state index is 5.79. The lowest BCUT2D eigenvalue weighted by Crippen LogP contribution is -2.36. The van der Waals surface area contributed by atoms with Crippen LogP contribution in [0.5, 0.6) is 5.75 Å². The molecule has 100 valence electrons. The Morgan fingerprint density at radius 1 is 1.39 bits per heavy atom. The van der Waals surface area contributed by atoms with E-state index in [2.05, 4.69) is 17.0 Å². The first kappa shape index (κ1) is 13.4. The van der Waals surface area contributed by atoms with Crippen molar-refractivity contribution in [3.63, 3.8) is 0 Å². The largest absolute Gasteiger partial charge is 0.496 e. The van der Waals surface area contributed by atoms with Crippen LogP contribution in [0.25, 0.3) is 0 Å². The van der Waals surface area contributed by atoms with E-state index in [0.717, 1.165) is 25.3 Å². The summed E-state index contributed by atoms with van der Waals surface area (Å²) in [6.45, 7) is 3.17. The van der Waals surface area contributed by atoms with E-state index in [-0.39, 0.29) is 0 Å². The molecule has 1 aromatic carbocycles. The number of rotatable bonds is 6. The third kappa shape index (κ3) is 3.24. The van der Waals surface area contributed by atoms with Crippen LogP contribution < -0.4 is 10.5 Å². The van der Waals surface area contributed by atoms with Crippen LogP contribution in [0.2, 0.25) is 0 Å². The molecule has 1 fully saturated rings. The van der Waals surface area contributed by atoms with Crippen LogP contribution in [0.3, 0.4) is 0 Å². The van der Waals surface area contributed by atoms with E-state index >= 15 is 0 Å². The Labute approximate surface area is 110 Å². The Kier molecular flexibility index (Phi) is 5.02. The molecule has 1 atom stereocenters. The van der Waals surface area contributed by atoms with Gasteiger partial charge >= 0.3 is 0 Å². The van der Waals surface area contributed by atoms with Crippen molar-refractivity contribution in [2.24, 2.45) is 5.73 Å². The van der Waals surface area contributed by atoms with E-state index in [4.69, 9.17) is 10.5 Å². The minimum absolute atomic E-state index is 0.614. The van der Waals surface area contributed by atoms with Gasteiger partial charge in [-0.2, -0.15) is 0 Å². The van der Waals surface area contributed by atoms with Gasteiger partial charge in [-0.3, -0.25) is 4.90 Å². The predicted octanol–water partition coefficient (Wildman–Crippen LogP) is 2.05. The molecule has 0 aromatic heterocycles. The lowest BCUT2D eigenvalue weighted by molar-refractivity contribution is 0.255. The smallest absolute Gasteiger partial charge is 0.122 e. The molecule has 1 aromatic rings. The number of nitrogens with zero attached hydrogens (tertiary/aromatic N) is 1. The van der Waals surface area contributed by atoms with Crippen molar-refractivity contribution < 1.29 is 4.74 Å². The van der Waals surface area contributed by atoms with Gasteiger partial charge in [0.2, 0.25) is 0 Å². The van der Waals surface area contributed by atoms with Crippen molar-refractivity contribution in [1.29, 1.82) is 0 Å². The molecule has 2 N–H and O–H groups in total. The summed E-state index contributed by atoms with van der Waals surface area (Å²) in [6.07, 6.45) is 4.83. The molecule has 2 rings (SSSR count). The molecule has 0 spiro atoms. The number of nitrogens with two attached hydrogens (primary N) is 1. The average molecular weight is 248 g/mol. The van der Waals surface area contributed by atoms with E-state index in [1.807, 2.05) is 12.1 Å². The quantitative estimate of drug-likeness (QED) is 0.837. The van der Waals surface area contributed by atoms with Gasteiger partial charge in [-0.1, -0.05) is 18.2 Å². The number of benzene rings is 1. The summed E-state index contributed by atoms with van der Waals surface area (Å²) in [7, 11) is 1.74. The Hall–Kier alpha value is -1.06. The summed E-state index contributed by atoms with van der Waals surface area (Å²) in [4.78, 5) is 2.54. The minimum Gasteiger partial charge on any atom is -0.496 e. The molecule has 0 radical (unpaired) electrons. The first-order valence-corrected chi connectivity index (χ1v) is 6.91. The highest BCUT2D eigenvalue weighted by Crippen LogP contribution is 2.20. The van der Waals surface area contributed by atoms with Crippen LogP contribution in [-0.2, 0) is 6.42 Å². The normalized spacial score (nSPS) is 20.2. The summed E-state index contributed by atoms with van der Waals surface area (Å²) in [5, 5.41) is 0. The van der Waals surface area contributed by atoms with E-state index in [1.54, 1.807) is 7.11 Å². The fourth-order valence-electron chi connectivity index (χ4n) is 2.84. The monoisotopic (exact) mass is 248 g/mol. The molecule has 1 aliphatic heterocycles. The molecule has 1 saturated heterocycles. The van der Waals surface area contributed by atoms with Gasteiger partial charge in [0.05, 0.1) is 7.11 Å². The Morgan fingerprint density at radius 3 is 3.00 bits per heavy atom. The molecule has 0 bridgehead atoms. The molecule has 1 aliphatic rings. The zero-order valence-corrected chi connectivity index (χ0v) is 11.3. The van der Waals surface area contributed by atoms with Gasteiger partial charge in [0, 0.05) is 12.6 Å². The van der Waals surface area contributed by atoms with Crippen LogP contribution in [0.4, 0.5) is 0 Å². The number of aryl methyl sites for hydroxylation is 1. The molecule has 1 unspecified atom stereocenters. The second-order valence-corrected chi connectivity index (χ2v) is 4.98. The van der Waals surface area contributed by atoms with Crippen molar-refractivity contribution in [3.05, 3.63) is 29.8 Å². The highest BCUT2D eigenvalue weighted by atomic mass is 16.5. The molecular formula is C15H24N2O. The van der Waals surface area contributed by atoms with Crippen LogP contribution in [0.1, 0.15) is 24.8 Å². The van der Waals surface area contributed by atoms with Gasteiger partial charge in [-0.25, -0.2) is 0 Å². The topological polar surface area (TPSA) is 38.5 Å². The summed E-state index contributed by atoms with van der Waals surface area (Å²) >= 11 is 0. The van der Waals surface area contributed by atoms with E-state index in [1.165, 1.54) is 31.4 Å². The Morgan fingerprint density at radius 2 is 2.22 bits per heavy atom. The first-order chi connectivity index (χ1) is 8.85. The third-order valence-electron chi connectivity index (χ3n) is 3.86. The van der Waals surface area contributed by atoms with Crippen molar-refractivity contribution in [2.45, 2.75) is 31.7 Å². The van der Waals surface area contributed by atoms with Gasteiger partial charge in [-0.15, -0.1) is 0 Å². The van der Waals surface area contributed by atoms with E-state index in [0.29, 0.717) is 6.04 Å². The zero-order valence-electron chi connectivity index (χ0n) is 11.3. The minimum atomic E-state index is 0.614. The molecular weight excluding hydrogens is 224 g/mol. The summed E-state index contributed by atoms with van der Waals surface area (Å²) in [5.41, 5.74) is 7.10. The fourth-order valence-corrected chi connectivity index (χ4v) is 2.84. The number of ether oxygens (including phenoxy) is 1.